The lowest BCUT2D eigenvalue weighted by atomic mass is 9.79. The van der Waals surface area contributed by atoms with Crippen molar-refractivity contribution in [3.8, 4) is 0 Å². The lowest BCUT2D eigenvalue weighted by Crippen LogP contribution is -2.35. The lowest BCUT2D eigenvalue weighted by molar-refractivity contribution is 0.0908. The molecule has 1 aliphatic carbocycles. The third-order valence-electron chi connectivity index (χ3n) is 4.08. The van der Waals surface area contributed by atoms with Crippen LogP contribution in [0.2, 0.25) is 0 Å². The molecule has 1 aliphatic rings. The highest BCUT2D eigenvalue weighted by molar-refractivity contribution is 5.94. The second-order valence-electron chi connectivity index (χ2n) is 5.50. The molecular weight excluding hydrogens is 242 g/mol. The first-order valence-electron chi connectivity index (χ1n) is 7.01. The van der Waals surface area contributed by atoms with Crippen molar-refractivity contribution in [2.45, 2.75) is 32.6 Å². The molecule has 5 heteroatoms. The van der Waals surface area contributed by atoms with Gasteiger partial charge in [-0.1, -0.05) is 12.8 Å². The molecule has 1 saturated carbocycles. The minimum atomic E-state index is -0.0622. The molecule has 0 radical (unpaired) electrons. The van der Waals surface area contributed by atoms with Crippen molar-refractivity contribution < 1.29 is 9.90 Å². The van der Waals surface area contributed by atoms with Gasteiger partial charge >= 0.3 is 0 Å². The number of hydrogen-bond donors (Lipinski definition) is 2. The number of amides is 1. The van der Waals surface area contributed by atoms with Crippen molar-refractivity contribution in [3.05, 3.63) is 17.5 Å². The molecule has 2 atom stereocenters. The molecule has 1 fully saturated rings. The summed E-state index contributed by atoms with van der Waals surface area (Å²) in [5.74, 6) is 0.677. The summed E-state index contributed by atoms with van der Waals surface area (Å²) in [7, 11) is 1.81. The highest BCUT2D eigenvalue weighted by Crippen LogP contribution is 2.29. The second kappa shape index (κ2) is 6.19. The van der Waals surface area contributed by atoms with Crippen molar-refractivity contribution >= 4 is 5.91 Å². The Bertz CT molecular complexity index is 442. The first-order chi connectivity index (χ1) is 9.11. The van der Waals surface area contributed by atoms with E-state index < -0.39 is 0 Å². The van der Waals surface area contributed by atoms with E-state index in [1.807, 2.05) is 14.0 Å². The number of aryl methyl sites for hydroxylation is 2. The fraction of sp³-hybridized carbons (Fsp3) is 0.714. The SMILES string of the molecule is Cc1nn(C)cc1C(=O)NCC1CCCCC1CO. The molecule has 5 nitrogen and oxygen atoms in total. The molecule has 2 rings (SSSR count). The van der Waals surface area contributed by atoms with E-state index in [2.05, 4.69) is 10.4 Å². The van der Waals surface area contributed by atoms with E-state index in [1.54, 1.807) is 10.9 Å². The van der Waals surface area contributed by atoms with Crippen LogP contribution in [0.15, 0.2) is 6.20 Å². The average Bonchev–Trinajstić information content (AvgIpc) is 2.75. The summed E-state index contributed by atoms with van der Waals surface area (Å²) in [5.41, 5.74) is 1.39. The van der Waals surface area contributed by atoms with Gasteiger partial charge in [-0.25, -0.2) is 0 Å². The maximum Gasteiger partial charge on any atom is 0.254 e. The predicted octanol–water partition coefficient (Wildman–Crippen LogP) is 1.26. The minimum absolute atomic E-state index is 0.0622. The Kier molecular flexibility index (Phi) is 4.58. The summed E-state index contributed by atoms with van der Waals surface area (Å²) in [5, 5.41) is 16.5. The molecule has 0 spiro atoms. The van der Waals surface area contributed by atoms with Crippen LogP contribution < -0.4 is 5.32 Å². The zero-order valence-electron chi connectivity index (χ0n) is 11.7. The zero-order valence-corrected chi connectivity index (χ0v) is 11.7. The van der Waals surface area contributed by atoms with Gasteiger partial charge < -0.3 is 10.4 Å². The van der Waals surface area contributed by atoms with Gasteiger partial charge in [0.1, 0.15) is 0 Å². The highest BCUT2D eigenvalue weighted by Gasteiger charge is 2.25. The normalized spacial score (nSPS) is 23.3. The van der Waals surface area contributed by atoms with E-state index in [-0.39, 0.29) is 12.5 Å². The minimum Gasteiger partial charge on any atom is -0.396 e. The smallest absolute Gasteiger partial charge is 0.254 e. The molecule has 0 aliphatic heterocycles. The monoisotopic (exact) mass is 265 g/mol. The number of aliphatic hydroxyl groups is 1. The Balaban J connectivity index is 1.91. The first-order valence-corrected chi connectivity index (χ1v) is 7.01. The van der Waals surface area contributed by atoms with Crippen molar-refractivity contribution in [2.24, 2.45) is 18.9 Å². The molecule has 2 unspecified atom stereocenters. The fourth-order valence-corrected chi connectivity index (χ4v) is 2.94. The lowest BCUT2D eigenvalue weighted by Gasteiger charge is -2.30. The van der Waals surface area contributed by atoms with Gasteiger partial charge in [-0.15, -0.1) is 0 Å². The number of nitrogens with one attached hydrogen (secondary N) is 1. The van der Waals surface area contributed by atoms with Crippen LogP contribution in [-0.4, -0.2) is 33.9 Å². The van der Waals surface area contributed by atoms with Crippen molar-refractivity contribution in [2.75, 3.05) is 13.2 Å². The molecule has 0 saturated heterocycles. The Hall–Kier alpha value is -1.36. The molecule has 19 heavy (non-hydrogen) atoms. The number of carbonyl (C=O) groups is 1. The van der Waals surface area contributed by atoms with Crippen molar-refractivity contribution in [1.29, 1.82) is 0 Å². The van der Waals surface area contributed by atoms with E-state index in [1.165, 1.54) is 12.8 Å². The Labute approximate surface area is 114 Å². The maximum absolute atomic E-state index is 12.1. The summed E-state index contributed by atoms with van der Waals surface area (Å²) < 4.78 is 1.65. The van der Waals surface area contributed by atoms with Crippen LogP contribution in [-0.2, 0) is 7.05 Å². The van der Waals surface area contributed by atoms with Gasteiger partial charge in [0.05, 0.1) is 11.3 Å². The van der Waals surface area contributed by atoms with Crippen molar-refractivity contribution in [3.63, 3.8) is 0 Å². The Morgan fingerprint density at radius 3 is 2.74 bits per heavy atom. The molecule has 0 aromatic carbocycles. The standard InChI is InChI=1S/C14H23N3O2/c1-10-13(8-17(2)16-10)14(19)15-7-11-5-3-4-6-12(11)9-18/h8,11-12,18H,3-7,9H2,1-2H3,(H,15,19). The molecule has 1 heterocycles. The largest absolute Gasteiger partial charge is 0.396 e. The fourth-order valence-electron chi connectivity index (χ4n) is 2.94. The summed E-state index contributed by atoms with van der Waals surface area (Å²) in [6, 6.07) is 0. The molecule has 1 aromatic rings. The first kappa shape index (κ1) is 14.1. The van der Waals surface area contributed by atoms with Crippen LogP contribution in [0.5, 0.6) is 0 Å². The van der Waals surface area contributed by atoms with Crippen LogP contribution in [0.25, 0.3) is 0 Å². The van der Waals surface area contributed by atoms with Crippen molar-refractivity contribution in [1.82, 2.24) is 15.1 Å². The third-order valence-corrected chi connectivity index (χ3v) is 4.08. The number of aliphatic hydroxyl groups excluding tert-OH is 1. The van der Waals surface area contributed by atoms with Gasteiger partial charge in [-0.05, 0) is 31.6 Å². The molecule has 1 amide bonds. The van der Waals surface area contributed by atoms with Crippen LogP contribution in [0.4, 0.5) is 0 Å². The third kappa shape index (κ3) is 3.35. The number of aromatic nitrogens is 2. The molecule has 1 aromatic heterocycles. The van der Waals surface area contributed by atoms with Gasteiger partial charge in [0.2, 0.25) is 0 Å². The summed E-state index contributed by atoms with van der Waals surface area (Å²) in [6.07, 6.45) is 6.30. The van der Waals surface area contributed by atoms with Gasteiger partial charge in [-0.3, -0.25) is 9.48 Å². The maximum atomic E-state index is 12.1. The van der Waals surface area contributed by atoms with Gasteiger partial charge in [0.25, 0.3) is 5.91 Å². The van der Waals surface area contributed by atoms with Gasteiger partial charge in [0, 0.05) is 26.4 Å². The van der Waals surface area contributed by atoms with E-state index >= 15 is 0 Å². The molecular formula is C14H23N3O2. The number of rotatable bonds is 4. The zero-order chi connectivity index (χ0) is 13.8. The van der Waals surface area contributed by atoms with Crippen LogP contribution in [0.1, 0.15) is 41.7 Å². The van der Waals surface area contributed by atoms with E-state index in [4.69, 9.17) is 0 Å². The second-order valence-corrected chi connectivity index (χ2v) is 5.50. The van der Waals surface area contributed by atoms with Gasteiger partial charge in [0.15, 0.2) is 0 Å². The predicted molar refractivity (Wildman–Crippen MR) is 72.8 cm³/mol. The summed E-state index contributed by atoms with van der Waals surface area (Å²) in [4.78, 5) is 12.1. The summed E-state index contributed by atoms with van der Waals surface area (Å²) in [6.45, 7) is 2.72. The molecule has 106 valence electrons. The highest BCUT2D eigenvalue weighted by atomic mass is 16.3. The van der Waals surface area contributed by atoms with E-state index in [9.17, 15) is 9.90 Å². The molecule has 2 N–H and O–H groups in total. The number of nitrogens with zero attached hydrogens (tertiary/aromatic N) is 2. The topological polar surface area (TPSA) is 67.2 Å². The van der Waals surface area contributed by atoms with Crippen LogP contribution >= 0.6 is 0 Å². The van der Waals surface area contributed by atoms with E-state index in [0.29, 0.717) is 23.9 Å². The van der Waals surface area contributed by atoms with E-state index in [0.717, 1.165) is 18.5 Å². The quantitative estimate of drug-likeness (QED) is 0.861. The number of hydrogen-bond acceptors (Lipinski definition) is 3. The van der Waals surface area contributed by atoms with Crippen LogP contribution in [0, 0.1) is 18.8 Å². The number of carbonyl (C=O) groups excluding carboxylic acids is 1. The van der Waals surface area contributed by atoms with Crippen LogP contribution in [0.3, 0.4) is 0 Å². The molecule has 0 bridgehead atoms. The average molecular weight is 265 g/mol. The summed E-state index contributed by atoms with van der Waals surface area (Å²) >= 11 is 0. The van der Waals surface area contributed by atoms with Gasteiger partial charge in [-0.2, -0.15) is 5.10 Å². The Morgan fingerprint density at radius 2 is 2.16 bits per heavy atom. The Morgan fingerprint density at radius 1 is 1.47 bits per heavy atom.